The van der Waals surface area contributed by atoms with Crippen molar-refractivity contribution in [2.45, 2.75) is 89.7 Å². The predicted octanol–water partition coefficient (Wildman–Crippen LogP) is 3.97. The molecule has 2 bridgehead atoms. The minimum absolute atomic E-state index is 0.0256. The highest BCUT2D eigenvalue weighted by atomic mass is 28.4. The van der Waals surface area contributed by atoms with Crippen LogP contribution in [0.15, 0.2) is 0 Å². The van der Waals surface area contributed by atoms with Crippen LogP contribution < -0.4 is 0 Å². The first-order chi connectivity index (χ1) is 8.87. The van der Waals surface area contributed by atoms with Gasteiger partial charge in [-0.1, -0.05) is 41.5 Å². The standard InChI is InChI=1S/C14H28O4Si/c1-9(2)19(10(3)4,11(5)6)18-12-7-8-13-15-14(12)17-16-13/h9-14H,7-8H2,1-6H3/t12-,13+,14-/m0/s1. The van der Waals surface area contributed by atoms with Crippen molar-refractivity contribution in [2.24, 2.45) is 0 Å². The first-order valence-corrected chi connectivity index (χ1v) is 9.67. The summed E-state index contributed by atoms with van der Waals surface area (Å²) in [5, 5.41) is 0. The summed E-state index contributed by atoms with van der Waals surface area (Å²) in [6.45, 7) is 13.8. The Morgan fingerprint density at radius 2 is 1.47 bits per heavy atom. The Hall–Kier alpha value is 0.0569. The van der Waals surface area contributed by atoms with Crippen LogP contribution in [-0.2, 0) is 18.9 Å². The Morgan fingerprint density at radius 3 is 2.00 bits per heavy atom. The Labute approximate surface area is 117 Å². The topological polar surface area (TPSA) is 36.9 Å². The second kappa shape index (κ2) is 5.82. The summed E-state index contributed by atoms with van der Waals surface area (Å²) in [5.74, 6) is 0. The molecule has 19 heavy (non-hydrogen) atoms. The predicted molar refractivity (Wildman–Crippen MR) is 76.0 cm³/mol. The lowest BCUT2D eigenvalue weighted by Gasteiger charge is -2.45. The smallest absolute Gasteiger partial charge is 0.219 e. The van der Waals surface area contributed by atoms with Crippen molar-refractivity contribution < 1.29 is 18.9 Å². The molecule has 0 aromatic carbocycles. The Balaban J connectivity index is 2.15. The molecule has 0 N–H and O–H groups in total. The summed E-state index contributed by atoms with van der Waals surface area (Å²) >= 11 is 0. The van der Waals surface area contributed by atoms with Crippen molar-refractivity contribution in [1.82, 2.24) is 0 Å². The highest BCUT2D eigenvalue weighted by Gasteiger charge is 2.50. The molecule has 112 valence electrons. The molecule has 0 aliphatic carbocycles. The van der Waals surface area contributed by atoms with Crippen molar-refractivity contribution in [3.05, 3.63) is 0 Å². The summed E-state index contributed by atoms with van der Waals surface area (Å²) in [6.07, 6.45) is 1.34. The van der Waals surface area contributed by atoms with Gasteiger partial charge in [0.05, 0.1) is 6.10 Å². The minimum atomic E-state index is -1.87. The second-order valence-corrected chi connectivity index (χ2v) is 12.1. The maximum absolute atomic E-state index is 6.70. The molecule has 0 amide bonds. The van der Waals surface area contributed by atoms with Crippen LogP contribution >= 0.6 is 0 Å². The van der Waals surface area contributed by atoms with Crippen LogP contribution in [0.3, 0.4) is 0 Å². The van der Waals surface area contributed by atoms with Crippen molar-refractivity contribution >= 4 is 8.32 Å². The number of hydrogen-bond donors (Lipinski definition) is 0. The van der Waals surface area contributed by atoms with E-state index < -0.39 is 8.32 Å². The van der Waals surface area contributed by atoms with E-state index in [2.05, 4.69) is 41.5 Å². The molecule has 0 aromatic rings. The monoisotopic (exact) mass is 288 g/mol. The summed E-state index contributed by atoms with van der Waals surface area (Å²) < 4.78 is 12.4. The van der Waals surface area contributed by atoms with Gasteiger partial charge in [0.25, 0.3) is 0 Å². The maximum Gasteiger partial charge on any atom is 0.219 e. The summed E-state index contributed by atoms with van der Waals surface area (Å²) in [4.78, 5) is 10.4. The van der Waals surface area contributed by atoms with Gasteiger partial charge in [-0.2, -0.15) is 4.89 Å². The molecule has 2 saturated heterocycles. The van der Waals surface area contributed by atoms with E-state index in [1.165, 1.54) is 0 Å². The SMILES string of the molecule is CC(C)[Si](O[C@H]1CC[C@H]2OO[C@@H]1O2)(C(C)C)C(C)C. The van der Waals surface area contributed by atoms with Gasteiger partial charge in [-0.15, -0.1) is 0 Å². The molecule has 0 aromatic heterocycles. The Morgan fingerprint density at radius 1 is 0.895 bits per heavy atom. The fourth-order valence-corrected chi connectivity index (χ4v) is 9.37. The van der Waals surface area contributed by atoms with Crippen LogP contribution in [0.5, 0.6) is 0 Å². The molecule has 0 spiro atoms. The third-order valence-electron chi connectivity index (χ3n) is 4.60. The van der Waals surface area contributed by atoms with Gasteiger partial charge in [-0.3, -0.25) is 0 Å². The van der Waals surface area contributed by atoms with E-state index in [9.17, 15) is 0 Å². The van der Waals surface area contributed by atoms with Gasteiger partial charge in [0.2, 0.25) is 14.6 Å². The molecule has 2 aliphatic rings. The highest BCUT2D eigenvalue weighted by Crippen LogP contribution is 2.45. The number of ether oxygens (including phenoxy) is 1. The molecule has 3 atom stereocenters. The van der Waals surface area contributed by atoms with Crippen LogP contribution in [0.4, 0.5) is 0 Å². The zero-order valence-electron chi connectivity index (χ0n) is 13.0. The minimum Gasteiger partial charge on any atom is -0.408 e. The molecule has 0 saturated carbocycles. The summed E-state index contributed by atoms with van der Waals surface area (Å²) in [5.41, 5.74) is 1.73. The molecular formula is C14H28O4Si. The van der Waals surface area contributed by atoms with Gasteiger partial charge in [-0.05, 0) is 23.0 Å². The first-order valence-electron chi connectivity index (χ1n) is 7.53. The van der Waals surface area contributed by atoms with E-state index in [4.69, 9.17) is 18.9 Å². The zero-order chi connectivity index (χ0) is 14.2. The molecule has 2 rings (SSSR count). The normalized spacial score (nSPS) is 31.7. The molecule has 2 aliphatic heterocycles. The lowest BCUT2D eigenvalue weighted by atomic mass is 10.1. The van der Waals surface area contributed by atoms with E-state index >= 15 is 0 Å². The molecule has 2 fully saturated rings. The van der Waals surface area contributed by atoms with Crippen LogP contribution in [-0.4, -0.2) is 27.0 Å². The Bertz CT molecular complexity index is 284. The maximum atomic E-state index is 6.70. The van der Waals surface area contributed by atoms with Crippen LogP contribution in [0, 0.1) is 0 Å². The molecule has 0 unspecified atom stereocenters. The Kier molecular flexibility index (Phi) is 4.73. The third-order valence-corrected chi connectivity index (χ3v) is 10.7. The van der Waals surface area contributed by atoms with Gasteiger partial charge in [0.15, 0.2) is 6.29 Å². The van der Waals surface area contributed by atoms with E-state index in [0.717, 1.165) is 12.8 Å². The molecule has 2 heterocycles. The van der Waals surface area contributed by atoms with E-state index in [1.807, 2.05) is 0 Å². The quantitative estimate of drug-likeness (QED) is 0.566. The van der Waals surface area contributed by atoms with Crippen LogP contribution in [0.25, 0.3) is 0 Å². The van der Waals surface area contributed by atoms with Crippen molar-refractivity contribution in [2.75, 3.05) is 0 Å². The van der Waals surface area contributed by atoms with Gasteiger partial charge in [-0.25, -0.2) is 4.89 Å². The largest absolute Gasteiger partial charge is 0.408 e. The highest BCUT2D eigenvalue weighted by molar-refractivity contribution is 6.77. The average molecular weight is 288 g/mol. The van der Waals surface area contributed by atoms with Gasteiger partial charge < -0.3 is 9.16 Å². The van der Waals surface area contributed by atoms with E-state index in [1.54, 1.807) is 0 Å². The van der Waals surface area contributed by atoms with Gasteiger partial charge in [0.1, 0.15) is 0 Å². The molecule has 0 radical (unpaired) electrons. The van der Waals surface area contributed by atoms with Crippen LogP contribution in [0.2, 0.25) is 16.6 Å². The first kappa shape index (κ1) is 15.4. The van der Waals surface area contributed by atoms with Crippen molar-refractivity contribution in [3.8, 4) is 0 Å². The molecule has 5 heteroatoms. The average Bonchev–Trinajstić information content (AvgIpc) is 2.70. The summed E-state index contributed by atoms with van der Waals surface area (Å²) in [7, 11) is -1.87. The zero-order valence-corrected chi connectivity index (χ0v) is 14.0. The number of hydrogen-bond acceptors (Lipinski definition) is 4. The van der Waals surface area contributed by atoms with E-state index in [-0.39, 0.29) is 18.7 Å². The van der Waals surface area contributed by atoms with Crippen molar-refractivity contribution in [1.29, 1.82) is 0 Å². The van der Waals surface area contributed by atoms with Gasteiger partial charge >= 0.3 is 0 Å². The fraction of sp³-hybridized carbons (Fsp3) is 1.00. The lowest BCUT2D eigenvalue weighted by Crippen LogP contribution is -2.53. The molecular weight excluding hydrogens is 260 g/mol. The number of fused-ring (bicyclic) bond motifs is 2. The van der Waals surface area contributed by atoms with E-state index in [0.29, 0.717) is 16.6 Å². The van der Waals surface area contributed by atoms with Crippen LogP contribution in [0.1, 0.15) is 54.4 Å². The van der Waals surface area contributed by atoms with Crippen molar-refractivity contribution in [3.63, 3.8) is 0 Å². The second-order valence-electron chi connectivity index (χ2n) is 6.68. The molecule has 4 nitrogen and oxygen atoms in total. The summed E-state index contributed by atoms with van der Waals surface area (Å²) in [6, 6.07) is 0. The fourth-order valence-electron chi connectivity index (χ4n) is 3.80. The van der Waals surface area contributed by atoms with Gasteiger partial charge in [0, 0.05) is 6.42 Å². The third kappa shape index (κ3) is 2.76. The lowest BCUT2D eigenvalue weighted by molar-refractivity contribution is -0.298. The number of rotatable bonds is 5.